The van der Waals surface area contributed by atoms with Crippen molar-refractivity contribution in [3.63, 3.8) is 0 Å². The third kappa shape index (κ3) is 3.29. The molecule has 0 aromatic carbocycles. The quantitative estimate of drug-likeness (QED) is 0.848. The van der Waals surface area contributed by atoms with Gasteiger partial charge in [-0.3, -0.25) is 4.68 Å². The van der Waals surface area contributed by atoms with Crippen LogP contribution in [0, 0.1) is 0 Å². The summed E-state index contributed by atoms with van der Waals surface area (Å²) in [5.74, 6) is 0. The van der Waals surface area contributed by atoms with Gasteiger partial charge in [0.25, 0.3) is 0 Å². The van der Waals surface area contributed by atoms with Gasteiger partial charge >= 0.3 is 0 Å². The maximum Gasteiger partial charge on any atom is 0.0738 e. The monoisotopic (exact) mass is 251 g/mol. The molecule has 102 valence electrons. The number of hydrogen-bond donors (Lipinski definition) is 2. The molecule has 0 saturated carbocycles. The molecule has 1 aromatic heterocycles. The van der Waals surface area contributed by atoms with E-state index in [4.69, 9.17) is 0 Å². The minimum Gasteiger partial charge on any atom is -0.308 e. The highest BCUT2D eigenvalue weighted by Crippen LogP contribution is 2.28. The Labute approximate surface area is 109 Å². The Hall–Kier alpha value is -0.940. The molecule has 1 aromatic rings. The Balaban J connectivity index is 1.95. The summed E-state index contributed by atoms with van der Waals surface area (Å²) in [7, 11) is 1.93. The van der Waals surface area contributed by atoms with Crippen molar-refractivity contribution >= 4 is 0 Å². The first-order valence-electron chi connectivity index (χ1n) is 6.64. The van der Waals surface area contributed by atoms with Crippen molar-refractivity contribution in [2.24, 2.45) is 7.05 Å². The Morgan fingerprint density at radius 2 is 1.94 bits per heavy atom. The lowest BCUT2D eigenvalue weighted by Gasteiger charge is -2.46. The second-order valence-corrected chi connectivity index (χ2v) is 6.73. The van der Waals surface area contributed by atoms with Crippen LogP contribution >= 0.6 is 0 Å². The highest BCUT2D eigenvalue weighted by atomic mass is 15.4. The molecule has 1 aliphatic heterocycles. The number of rotatable bonds is 3. The number of nitrogens with one attached hydrogen (secondary N) is 2. The largest absolute Gasteiger partial charge is 0.308 e. The molecule has 0 bridgehead atoms. The molecular weight excluding hydrogens is 226 g/mol. The average molecular weight is 251 g/mol. The van der Waals surface area contributed by atoms with Gasteiger partial charge in [-0.1, -0.05) is 5.21 Å². The Morgan fingerprint density at radius 3 is 2.44 bits per heavy atom. The molecule has 0 radical (unpaired) electrons. The average Bonchev–Trinajstić information content (AvgIpc) is 2.56. The molecule has 1 fully saturated rings. The lowest BCUT2D eigenvalue weighted by Crippen LogP contribution is -2.61. The Morgan fingerprint density at radius 1 is 1.33 bits per heavy atom. The van der Waals surface area contributed by atoms with Gasteiger partial charge in [0.2, 0.25) is 0 Å². The highest BCUT2D eigenvalue weighted by Gasteiger charge is 2.37. The van der Waals surface area contributed by atoms with Crippen LogP contribution in [-0.2, 0) is 13.6 Å². The van der Waals surface area contributed by atoms with Crippen LogP contribution in [-0.4, -0.2) is 32.1 Å². The van der Waals surface area contributed by atoms with Gasteiger partial charge in [0, 0.05) is 30.7 Å². The van der Waals surface area contributed by atoms with Crippen molar-refractivity contribution in [1.82, 2.24) is 25.6 Å². The van der Waals surface area contributed by atoms with Crippen molar-refractivity contribution < 1.29 is 0 Å². The van der Waals surface area contributed by atoms with Crippen molar-refractivity contribution in [2.45, 2.75) is 64.2 Å². The molecule has 0 atom stereocenters. The van der Waals surface area contributed by atoms with E-state index in [-0.39, 0.29) is 11.1 Å². The van der Waals surface area contributed by atoms with Crippen LogP contribution in [0.15, 0.2) is 6.20 Å². The van der Waals surface area contributed by atoms with Gasteiger partial charge in [-0.15, -0.1) is 5.10 Å². The molecular formula is C13H25N5. The zero-order valence-electron chi connectivity index (χ0n) is 12.1. The van der Waals surface area contributed by atoms with Crippen LogP contribution in [0.4, 0.5) is 0 Å². The van der Waals surface area contributed by atoms with Gasteiger partial charge in [-0.05, 0) is 40.5 Å². The zero-order chi connectivity index (χ0) is 13.4. The summed E-state index contributed by atoms with van der Waals surface area (Å²) < 4.78 is 1.82. The normalized spacial score (nSPS) is 23.2. The minimum atomic E-state index is 0.185. The maximum atomic E-state index is 3.95. The number of aryl methyl sites for hydroxylation is 1. The van der Waals surface area contributed by atoms with Crippen molar-refractivity contribution in [2.75, 3.05) is 0 Å². The first-order chi connectivity index (χ1) is 8.27. The summed E-state index contributed by atoms with van der Waals surface area (Å²) in [5.41, 5.74) is 1.50. The maximum absolute atomic E-state index is 3.95. The molecule has 2 heterocycles. The summed E-state index contributed by atoms with van der Waals surface area (Å²) in [6, 6.07) is 0.533. The topological polar surface area (TPSA) is 54.8 Å². The van der Waals surface area contributed by atoms with Gasteiger partial charge in [0.15, 0.2) is 0 Å². The Kier molecular flexibility index (Phi) is 3.47. The number of hydrogen-bond acceptors (Lipinski definition) is 4. The first-order valence-corrected chi connectivity index (χ1v) is 6.64. The fourth-order valence-corrected chi connectivity index (χ4v) is 3.19. The van der Waals surface area contributed by atoms with Gasteiger partial charge in [-0.25, -0.2) is 0 Å². The van der Waals surface area contributed by atoms with E-state index in [0.29, 0.717) is 6.04 Å². The molecule has 5 nitrogen and oxygen atoms in total. The molecule has 0 aliphatic carbocycles. The second kappa shape index (κ2) is 4.63. The summed E-state index contributed by atoms with van der Waals surface area (Å²) in [6.45, 7) is 9.92. The third-order valence-corrected chi connectivity index (χ3v) is 3.57. The van der Waals surface area contributed by atoms with Gasteiger partial charge in [0.1, 0.15) is 0 Å². The van der Waals surface area contributed by atoms with Crippen molar-refractivity contribution in [1.29, 1.82) is 0 Å². The number of nitrogens with zero attached hydrogens (tertiary/aromatic N) is 3. The standard InChI is InChI=1S/C13H25N5/c1-12(2)6-10(7-13(3,4)16-12)14-8-11-9-15-17-18(11)5/h9-10,14,16H,6-8H2,1-5H3. The molecule has 0 amide bonds. The molecule has 0 spiro atoms. The molecule has 18 heavy (non-hydrogen) atoms. The molecule has 1 saturated heterocycles. The van der Waals surface area contributed by atoms with Crippen LogP contribution in [0.3, 0.4) is 0 Å². The van der Waals surface area contributed by atoms with Crippen LogP contribution in [0.25, 0.3) is 0 Å². The Bertz CT molecular complexity index is 391. The summed E-state index contributed by atoms with van der Waals surface area (Å²) >= 11 is 0. The summed E-state index contributed by atoms with van der Waals surface area (Å²) in [4.78, 5) is 0. The van der Waals surface area contributed by atoms with E-state index in [2.05, 4.69) is 48.6 Å². The van der Waals surface area contributed by atoms with Gasteiger partial charge in [0.05, 0.1) is 11.9 Å². The van der Waals surface area contributed by atoms with E-state index in [0.717, 1.165) is 25.1 Å². The highest BCUT2D eigenvalue weighted by molar-refractivity contribution is 5.01. The van der Waals surface area contributed by atoms with Crippen molar-refractivity contribution in [3.8, 4) is 0 Å². The van der Waals surface area contributed by atoms with Crippen LogP contribution in [0.2, 0.25) is 0 Å². The summed E-state index contributed by atoms with van der Waals surface area (Å²) in [5, 5.41) is 15.2. The van der Waals surface area contributed by atoms with Crippen LogP contribution in [0.5, 0.6) is 0 Å². The SMILES string of the molecule is Cn1nncc1CNC1CC(C)(C)NC(C)(C)C1. The van der Waals surface area contributed by atoms with E-state index in [1.54, 1.807) is 0 Å². The van der Waals surface area contributed by atoms with E-state index in [9.17, 15) is 0 Å². The predicted molar refractivity (Wildman–Crippen MR) is 72.2 cm³/mol. The molecule has 2 N–H and O–H groups in total. The van der Waals surface area contributed by atoms with E-state index in [1.807, 2.05) is 17.9 Å². The molecule has 5 heteroatoms. The minimum absolute atomic E-state index is 0.185. The van der Waals surface area contributed by atoms with Gasteiger partial charge in [-0.2, -0.15) is 0 Å². The molecule has 0 unspecified atom stereocenters. The fourth-order valence-electron chi connectivity index (χ4n) is 3.19. The smallest absolute Gasteiger partial charge is 0.0738 e. The fraction of sp³-hybridized carbons (Fsp3) is 0.846. The van der Waals surface area contributed by atoms with Crippen molar-refractivity contribution in [3.05, 3.63) is 11.9 Å². The third-order valence-electron chi connectivity index (χ3n) is 3.57. The lowest BCUT2D eigenvalue weighted by atomic mass is 9.79. The molecule has 2 rings (SSSR count). The predicted octanol–water partition coefficient (Wildman–Crippen LogP) is 1.21. The van der Waals surface area contributed by atoms with Crippen LogP contribution < -0.4 is 10.6 Å². The number of piperidine rings is 1. The first kappa shape index (κ1) is 13.5. The van der Waals surface area contributed by atoms with E-state index >= 15 is 0 Å². The lowest BCUT2D eigenvalue weighted by molar-refractivity contribution is 0.145. The van der Waals surface area contributed by atoms with E-state index < -0.39 is 0 Å². The van der Waals surface area contributed by atoms with Crippen LogP contribution in [0.1, 0.15) is 46.2 Å². The second-order valence-electron chi connectivity index (χ2n) is 6.73. The summed E-state index contributed by atoms with van der Waals surface area (Å²) in [6.07, 6.45) is 4.10. The number of aromatic nitrogens is 3. The van der Waals surface area contributed by atoms with E-state index in [1.165, 1.54) is 0 Å². The zero-order valence-corrected chi connectivity index (χ0v) is 12.1. The molecule has 1 aliphatic rings. The van der Waals surface area contributed by atoms with Gasteiger partial charge < -0.3 is 10.6 Å².